The Morgan fingerprint density at radius 3 is 1.50 bits per heavy atom. The number of hydrogen-bond donors (Lipinski definition) is 1. The van der Waals surface area contributed by atoms with Crippen LogP contribution in [0.3, 0.4) is 0 Å². The van der Waals surface area contributed by atoms with Crippen LogP contribution in [0.15, 0.2) is 0 Å². The highest BCUT2D eigenvalue weighted by Crippen LogP contribution is 1.80. The van der Waals surface area contributed by atoms with Gasteiger partial charge in [-0.3, -0.25) is 14.4 Å². The Labute approximate surface area is 59.4 Å². The molecular weight excluding hydrogens is 134 g/mol. The lowest BCUT2D eigenvalue weighted by Crippen LogP contribution is -1.97. The second-order valence-corrected chi connectivity index (χ2v) is 1.72. The SMILES string of the molecule is CC(=O)CC(C)=O.NC=O. The standard InChI is InChI=1S/C5H8O2.CH3NO/c1-4(6)3-5(2)7;2-1-3/h3H2,1-2H3;1H,(H2,2,3). The van der Waals surface area contributed by atoms with E-state index in [4.69, 9.17) is 4.79 Å². The molecule has 4 heteroatoms. The van der Waals surface area contributed by atoms with Gasteiger partial charge >= 0.3 is 0 Å². The van der Waals surface area contributed by atoms with E-state index >= 15 is 0 Å². The Hall–Kier alpha value is -1.19. The normalized spacial score (nSPS) is 7.00. The highest BCUT2D eigenvalue weighted by molar-refractivity contribution is 5.96. The van der Waals surface area contributed by atoms with Crippen LogP contribution in [0.2, 0.25) is 0 Å². The first-order chi connectivity index (χ1) is 4.54. The summed E-state index contributed by atoms with van der Waals surface area (Å²) >= 11 is 0. The number of carbonyl (C=O) groups excluding carboxylic acids is 3. The second-order valence-electron chi connectivity index (χ2n) is 1.72. The number of carbonyl (C=O) groups is 3. The van der Waals surface area contributed by atoms with Gasteiger partial charge in [-0.15, -0.1) is 0 Å². The van der Waals surface area contributed by atoms with Gasteiger partial charge in [-0.2, -0.15) is 0 Å². The van der Waals surface area contributed by atoms with Crippen LogP contribution in [0.5, 0.6) is 0 Å². The fraction of sp³-hybridized carbons (Fsp3) is 0.500. The molecule has 2 N–H and O–H groups in total. The van der Waals surface area contributed by atoms with E-state index in [1.807, 2.05) is 0 Å². The molecule has 4 nitrogen and oxygen atoms in total. The summed E-state index contributed by atoms with van der Waals surface area (Å²) in [4.78, 5) is 28.6. The van der Waals surface area contributed by atoms with E-state index in [-0.39, 0.29) is 24.4 Å². The number of rotatable bonds is 2. The molecule has 0 aromatic heterocycles. The van der Waals surface area contributed by atoms with Crippen molar-refractivity contribution in [3.8, 4) is 0 Å². The van der Waals surface area contributed by atoms with Gasteiger partial charge in [0, 0.05) is 0 Å². The fourth-order valence-electron chi connectivity index (χ4n) is 0.351. The smallest absolute Gasteiger partial charge is 0.204 e. The topological polar surface area (TPSA) is 77.2 Å². The highest BCUT2D eigenvalue weighted by atomic mass is 16.1. The summed E-state index contributed by atoms with van der Waals surface area (Å²) in [5.41, 5.74) is 4.17. The first kappa shape index (κ1) is 11.6. The first-order valence-corrected chi connectivity index (χ1v) is 2.68. The third-order valence-electron chi connectivity index (χ3n) is 0.498. The summed E-state index contributed by atoms with van der Waals surface area (Å²) in [5.74, 6) is -0.125. The Morgan fingerprint density at radius 1 is 1.30 bits per heavy atom. The van der Waals surface area contributed by atoms with Gasteiger partial charge in [0.2, 0.25) is 6.41 Å². The maximum absolute atomic E-state index is 10.0. The van der Waals surface area contributed by atoms with Crippen molar-refractivity contribution in [2.24, 2.45) is 5.73 Å². The molecule has 0 saturated carbocycles. The summed E-state index contributed by atoms with van der Waals surface area (Å²) in [6.45, 7) is 2.81. The predicted octanol–water partition coefficient (Wildman–Crippen LogP) is -0.344. The lowest BCUT2D eigenvalue weighted by molar-refractivity contribution is -0.124. The third-order valence-corrected chi connectivity index (χ3v) is 0.498. The molecule has 0 atom stereocenters. The molecule has 0 unspecified atom stereocenters. The van der Waals surface area contributed by atoms with Crippen LogP contribution in [0, 0.1) is 0 Å². The summed E-state index contributed by atoms with van der Waals surface area (Å²) in [6, 6.07) is 0. The van der Waals surface area contributed by atoms with E-state index in [1.165, 1.54) is 13.8 Å². The molecule has 0 fully saturated rings. The maximum atomic E-state index is 10.0. The van der Waals surface area contributed by atoms with E-state index in [0.717, 1.165) is 0 Å². The van der Waals surface area contributed by atoms with Crippen molar-refractivity contribution in [1.82, 2.24) is 0 Å². The highest BCUT2D eigenvalue weighted by Gasteiger charge is 1.94. The Balaban J connectivity index is 0. The zero-order valence-corrected chi connectivity index (χ0v) is 6.09. The molecule has 1 amide bonds. The average molecular weight is 145 g/mol. The molecule has 10 heavy (non-hydrogen) atoms. The van der Waals surface area contributed by atoms with Gasteiger partial charge < -0.3 is 5.73 Å². The Bertz CT molecular complexity index is 119. The Kier molecular flexibility index (Phi) is 9.05. The van der Waals surface area contributed by atoms with Crippen molar-refractivity contribution in [3.05, 3.63) is 0 Å². The molecule has 0 radical (unpaired) electrons. The minimum absolute atomic E-state index is 0.0625. The van der Waals surface area contributed by atoms with Crippen LogP contribution in [0.1, 0.15) is 20.3 Å². The number of amides is 1. The van der Waals surface area contributed by atoms with E-state index in [0.29, 0.717) is 0 Å². The van der Waals surface area contributed by atoms with E-state index in [9.17, 15) is 9.59 Å². The molecule has 0 aliphatic rings. The molecule has 0 heterocycles. The van der Waals surface area contributed by atoms with Gasteiger partial charge in [0.1, 0.15) is 11.6 Å². The summed E-state index contributed by atoms with van der Waals surface area (Å²) < 4.78 is 0. The molecule has 58 valence electrons. The predicted molar refractivity (Wildman–Crippen MR) is 36.2 cm³/mol. The van der Waals surface area contributed by atoms with Gasteiger partial charge in [0.25, 0.3) is 0 Å². The van der Waals surface area contributed by atoms with Crippen LogP contribution in [0.4, 0.5) is 0 Å². The van der Waals surface area contributed by atoms with Crippen LogP contribution in [-0.4, -0.2) is 18.0 Å². The molecular formula is C6H11NO3. The van der Waals surface area contributed by atoms with Gasteiger partial charge in [0.05, 0.1) is 6.42 Å². The quantitative estimate of drug-likeness (QED) is 0.426. The number of ketones is 2. The van der Waals surface area contributed by atoms with E-state index < -0.39 is 0 Å². The number of Topliss-reactive ketones (excluding diaryl/α,β-unsaturated/α-hetero) is 2. The first-order valence-electron chi connectivity index (χ1n) is 2.68. The molecule has 0 aromatic carbocycles. The van der Waals surface area contributed by atoms with Gasteiger partial charge in [-0.05, 0) is 13.8 Å². The van der Waals surface area contributed by atoms with Crippen molar-refractivity contribution in [2.75, 3.05) is 0 Å². The third kappa shape index (κ3) is 29.1. The lowest BCUT2D eigenvalue weighted by atomic mass is 10.2. The van der Waals surface area contributed by atoms with Gasteiger partial charge in [-0.1, -0.05) is 0 Å². The minimum Gasteiger partial charge on any atom is -0.372 e. The van der Waals surface area contributed by atoms with Crippen molar-refractivity contribution < 1.29 is 14.4 Å². The maximum Gasteiger partial charge on any atom is 0.204 e. The largest absolute Gasteiger partial charge is 0.372 e. The zero-order chi connectivity index (χ0) is 8.57. The van der Waals surface area contributed by atoms with E-state index in [1.54, 1.807) is 0 Å². The van der Waals surface area contributed by atoms with Crippen molar-refractivity contribution in [1.29, 1.82) is 0 Å². The monoisotopic (exact) mass is 145 g/mol. The molecule has 0 aliphatic carbocycles. The van der Waals surface area contributed by atoms with Crippen LogP contribution >= 0.6 is 0 Å². The van der Waals surface area contributed by atoms with Crippen molar-refractivity contribution in [3.63, 3.8) is 0 Å². The van der Waals surface area contributed by atoms with Gasteiger partial charge in [0.15, 0.2) is 0 Å². The van der Waals surface area contributed by atoms with Crippen molar-refractivity contribution >= 4 is 18.0 Å². The second kappa shape index (κ2) is 7.81. The summed E-state index contributed by atoms with van der Waals surface area (Å²) in [6.07, 6.45) is 0.333. The van der Waals surface area contributed by atoms with Gasteiger partial charge in [-0.25, -0.2) is 0 Å². The number of nitrogens with two attached hydrogens (primary N) is 1. The summed E-state index contributed by atoms with van der Waals surface area (Å²) in [5, 5.41) is 0. The van der Waals surface area contributed by atoms with Crippen LogP contribution in [0.25, 0.3) is 0 Å². The molecule has 0 rings (SSSR count). The zero-order valence-electron chi connectivity index (χ0n) is 6.09. The molecule has 0 aliphatic heterocycles. The number of hydrogen-bond acceptors (Lipinski definition) is 3. The fourth-order valence-corrected chi connectivity index (χ4v) is 0.351. The molecule has 0 saturated heterocycles. The minimum atomic E-state index is -0.0625. The summed E-state index contributed by atoms with van der Waals surface area (Å²) in [7, 11) is 0. The van der Waals surface area contributed by atoms with E-state index in [2.05, 4.69) is 5.73 Å². The van der Waals surface area contributed by atoms with Crippen LogP contribution in [-0.2, 0) is 14.4 Å². The molecule has 0 aromatic rings. The molecule has 0 spiro atoms. The van der Waals surface area contributed by atoms with Crippen LogP contribution < -0.4 is 5.73 Å². The number of primary amides is 1. The molecule has 0 bridgehead atoms. The van der Waals surface area contributed by atoms with Crippen molar-refractivity contribution in [2.45, 2.75) is 20.3 Å². The lowest BCUT2D eigenvalue weighted by Gasteiger charge is -1.81. The Morgan fingerprint density at radius 2 is 1.50 bits per heavy atom. The average Bonchev–Trinajstić information content (AvgIpc) is 1.62.